The second-order valence-electron chi connectivity index (χ2n) is 5.99. The minimum atomic E-state index is 0.582. The highest BCUT2D eigenvalue weighted by atomic mass is 14.9. The number of para-hydroxylation sites is 1. The fraction of sp³-hybridized carbons (Fsp3) is 0.500. The Balaban J connectivity index is 1.71. The Kier molecular flexibility index (Phi) is 4.31. The first-order chi connectivity index (χ1) is 9.85. The predicted octanol–water partition coefficient (Wildman–Crippen LogP) is 3.95. The van der Waals surface area contributed by atoms with Gasteiger partial charge in [0.1, 0.15) is 0 Å². The molecule has 0 amide bonds. The summed E-state index contributed by atoms with van der Waals surface area (Å²) in [6.07, 6.45) is 6.63. The Hall–Kier alpha value is -1.41. The number of nitrogens with one attached hydrogen (secondary N) is 1. The maximum Gasteiger partial charge on any atom is 0.0705 e. The van der Waals surface area contributed by atoms with Crippen LogP contribution in [0.2, 0.25) is 0 Å². The number of hydrogen-bond acceptors (Lipinski definition) is 2. The molecule has 2 nitrogen and oxygen atoms in total. The molecule has 3 rings (SSSR count). The Morgan fingerprint density at radius 2 is 2.05 bits per heavy atom. The Morgan fingerprint density at radius 3 is 2.80 bits per heavy atom. The van der Waals surface area contributed by atoms with Gasteiger partial charge in [-0.25, -0.2) is 0 Å². The number of likely N-dealkylation sites (N-methyl/N-ethyl adjacent to an activating group) is 1. The van der Waals surface area contributed by atoms with Crippen molar-refractivity contribution in [3.63, 3.8) is 0 Å². The number of aromatic nitrogens is 1. The lowest BCUT2D eigenvalue weighted by Crippen LogP contribution is -2.34. The van der Waals surface area contributed by atoms with Crippen LogP contribution in [0.15, 0.2) is 36.4 Å². The first kappa shape index (κ1) is 13.6. The highest BCUT2D eigenvalue weighted by Crippen LogP contribution is 2.31. The minimum Gasteiger partial charge on any atom is -0.314 e. The van der Waals surface area contributed by atoms with E-state index in [-0.39, 0.29) is 0 Å². The van der Waals surface area contributed by atoms with Gasteiger partial charge < -0.3 is 5.32 Å². The molecule has 1 N–H and O–H groups in total. The molecule has 0 saturated heterocycles. The monoisotopic (exact) mass is 268 g/mol. The van der Waals surface area contributed by atoms with E-state index in [2.05, 4.69) is 48.6 Å². The van der Waals surface area contributed by atoms with Gasteiger partial charge in [0.2, 0.25) is 0 Å². The molecule has 1 aromatic heterocycles. The molecule has 0 aliphatic heterocycles. The van der Waals surface area contributed by atoms with Crippen molar-refractivity contribution in [3.8, 4) is 0 Å². The van der Waals surface area contributed by atoms with E-state index in [1.807, 2.05) is 0 Å². The maximum atomic E-state index is 4.81. The summed E-state index contributed by atoms with van der Waals surface area (Å²) in [7, 11) is 0. The van der Waals surface area contributed by atoms with Gasteiger partial charge in [-0.15, -0.1) is 0 Å². The fourth-order valence-corrected chi connectivity index (χ4v) is 3.13. The Labute approximate surface area is 121 Å². The minimum absolute atomic E-state index is 0.582. The van der Waals surface area contributed by atoms with Crippen molar-refractivity contribution < 1.29 is 0 Å². The molecule has 1 atom stereocenters. The van der Waals surface area contributed by atoms with Gasteiger partial charge in [0.05, 0.1) is 5.52 Å². The average molecular weight is 268 g/mol. The topological polar surface area (TPSA) is 24.9 Å². The number of pyridine rings is 1. The van der Waals surface area contributed by atoms with E-state index in [0.717, 1.165) is 24.4 Å². The summed E-state index contributed by atoms with van der Waals surface area (Å²) in [5.41, 5.74) is 2.33. The van der Waals surface area contributed by atoms with Gasteiger partial charge in [-0.1, -0.05) is 50.5 Å². The molecule has 2 heteroatoms. The molecule has 0 spiro atoms. The van der Waals surface area contributed by atoms with Crippen LogP contribution >= 0.6 is 0 Å². The molecule has 1 saturated carbocycles. The van der Waals surface area contributed by atoms with Crippen molar-refractivity contribution in [2.24, 2.45) is 5.92 Å². The number of rotatable bonds is 6. The molecule has 1 aromatic carbocycles. The molecule has 1 unspecified atom stereocenters. The molecule has 0 bridgehead atoms. The van der Waals surface area contributed by atoms with Crippen LogP contribution in [0.25, 0.3) is 10.9 Å². The standard InChI is InChI=1S/C18H24N2/c1-2-19-17(12-14-6-5-7-14)13-16-11-10-15-8-3-4-9-18(15)20-16/h3-4,8-11,14,17,19H,2,5-7,12-13H2,1H3. The Morgan fingerprint density at radius 1 is 1.20 bits per heavy atom. The van der Waals surface area contributed by atoms with Gasteiger partial charge in [0, 0.05) is 23.5 Å². The summed E-state index contributed by atoms with van der Waals surface area (Å²) in [5, 5.41) is 4.87. The number of nitrogens with zero attached hydrogens (tertiary/aromatic N) is 1. The molecule has 1 fully saturated rings. The molecule has 1 aliphatic rings. The lowest BCUT2D eigenvalue weighted by Gasteiger charge is -2.30. The van der Waals surface area contributed by atoms with E-state index in [4.69, 9.17) is 4.98 Å². The van der Waals surface area contributed by atoms with Gasteiger partial charge in [-0.3, -0.25) is 4.98 Å². The van der Waals surface area contributed by atoms with E-state index in [0.29, 0.717) is 6.04 Å². The van der Waals surface area contributed by atoms with Crippen LogP contribution in [-0.2, 0) is 6.42 Å². The lowest BCUT2D eigenvalue weighted by atomic mass is 9.80. The average Bonchev–Trinajstić information content (AvgIpc) is 2.43. The molecular formula is C18H24N2. The highest BCUT2D eigenvalue weighted by molar-refractivity contribution is 5.78. The van der Waals surface area contributed by atoms with Crippen LogP contribution in [-0.4, -0.2) is 17.6 Å². The zero-order chi connectivity index (χ0) is 13.8. The first-order valence-electron chi connectivity index (χ1n) is 7.93. The largest absolute Gasteiger partial charge is 0.314 e. The zero-order valence-electron chi connectivity index (χ0n) is 12.3. The molecule has 1 aliphatic carbocycles. The first-order valence-corrected chi connectivity index (χ1v) is 7.93. The molecule has 2 aromatic rings. The van der Waals surface area contributed by atoms with Crippen molar-refractivity contribution in [2.75, 3.05) is 6.54 Å². The predicted molar refractivity (Wildman–Crippen MR) is 84.9 cm³/mol. The van der Waals surface area contributed by atoms with Crippen LogP contribution in [0.1, 0.15) is 38.3 Å². The van der Waals surface area contributed by atoms with Crippen molar-refractivity contribution >= 4 is 10.9 Å². The normalized spacial score (nSPS) is 17.1. The summed E-state index contributed by atoms with van der Waals surface area (Å²) in [6.45, 7) is 3.24. The third-order valence-electron chi connectivity index (χ3n) is 4.45. The van der Waals surface area contributed by atoms with E-state index in [1.54, 1.807) is 0 Å². The van der Waals surface area contributed by atoms with E-state index in [9.17, 15) is 0 Å². The van der Waals surface area contributed by atoms with Crippen LogP contribution in [0.4, 0.5) is 0 Å². The van der Waals surface area contributed by atoms with Crippen LogP contribution in [0.5, 0.6) is 0 Å². The van der Waals surface area contributed by atoms with Crippen molar-refractivity contribution in [1.29, 1.82) is 0 Å². The van der Waals surface area contributed by atoms with Crippen LogP contribution < -0.4 is 5.32 Å². The van der Waals surface area contributed by atoms with E-state index in [1.165, 1.54) is 36.8 Å². The summed E-state index contributed by atoms with van der Waals surface area (Å²) >= 11 is 0. The summed E-state index contributed by atoms with van der Waals surface area (Å²) in [6, 6.07) is 13.3. The van der Waals surface area contributed by atoms with Crippen molar-refractivity contribution in [1.82, 2.24) is 10.3 Å². The molecule has 20 heavy (non-hydrogen) atoms. The Bertz CT molecular complexity index is 560. The summed E-state index contributed by atoms with van der Waals surface area (Å²) in [4.78, 5) is 4.81. The zero-order valence-corrected chi connectivity index (χ0v) is 12.3. The second-order valence-corrected chi connectivity index (χ2v) is 5.99. The molecular weight excluding hydrogens is 244 g/mol. The SMILES string of the molecule is CCNC(Cc1ccc2ccccc2n1)CC1CCC1. The van der Waals surface area contributed by atoms with Gasteiger partial charge in [0.25, 0.3) is 0 Å². The molecule has 106 valence electrons. The van der Waals surface area contributed by atoms with Gasteiger partial charge in [0.15, 0.2) is 0 Å². The maximum absolute atomic E-state index is 4.81. The smallest absolute Gasteiger partial charge is 0.0705 e. The summed E-state index contributed by atoms with van der Waals surface area (Å²) < 4.78 is 0. The summed E-state index contributed by atoms with van der Waals surface area (Å²) in [5.74, 6) is 0.944. The van der Waals surface area contributed by atoms with Crippen LogP contribution in [0.3, 0.4) is 0 Å². The molecule has 1 heterocycles. The lowest BCUT2D eigenvalue weighted by molar-refractivity contribution is 0.259. The third-order valence-corrected chi connectivity index (χ3v) is 4.45. The second kappa shape index (κ2) is 6.36. The van der Waals surface area contributed by atoms with Crippen LogP contribution in [0, 0.1) is 5.92 Å². The van der Waals surface area contributed by atoms with Crippen molar-refractivity contribution in [3.05, 3.63) is 42.1 Å². The van der Waals surface area contributed by atoms with Gasteiger partial charge in [-0.2, -0.15) is 0 Å². The van der Waals surface area contributed by atoms with Gasteiger partial charge >= 0.3 is 0 Å². The highest BCUT2D eigenvalue weighted by Gasteiger charge is 2.22. The fourth-order valence-electron chi connectivity index (χ4n) is 3.13. The van der Waals surface area contributed by atoms with E-state index >= 15 is 0 Å². The van der Waals surface area contributed by atoms with E-state index < -0.39 is 0 Å². The quantitative estimate of drug-likeness (QED) is 0.858. The number of benzene rings is 1. The molecule has 0 radical (unpaired) electrons. The van der Waals surface area contributed by atoms with Gasteiger partial charge in [-0.05, 0) is 31.0 Å². The number of fused-ring (bicyclic) bond motifs is 1. The van der Waals surface area contributed by atoms with Crippen molar-refractivity contribution in [2.45, 2.75) is 45.1 Å². The third kappa shape index (κ3) is 3.18. The number of hydrogen-bond donors (Lipinski definition) is 1.